The zero-order chi connectivity index (χ0) is 19.7. The lowest BCUT2D eigenvalue weighted by Gasteiger charge is -2.33. The Bertz CT molecular complexity index is 851. The van der Waals surface area contributed by atoms with E-state index in [1.165, 1.54) is 12.8 Å². The van der Waals surface area contributed by atoms with Gasteiger partial charge in [-0.3, -0.25) is 0 Å². The number of hydrogen-bond donors (Lipinski definition) is 3. The molecule has 1 aromatic carbocycles. The van der Waals surface area contributed by atoms with Gasteiger partial charge in [0.05, 0.1) is 30.4 Å². The van der Waals surface area contributed by atoms with Crippen LogP contribution in [0.1, 0.15) is 49.6 Å². The van der Waals surface area contributed by atoms with Gasteiger partial charge in [0, 0.05) is 18.3 Å². The summed E-state index contributed by atoms with van der Waals surface area (Å²) in [6.07, 6.45) is 4.37. The highest BCUT2D eigenvalue weighted by Crippen LogP contribution is 2.38. The van der Waals surface area contributed by atoms with Gasteiger partial charge in [-0.25, -0.2) is 14.8 Å². The minimum atomic E-state index is -0.523. The number of hydrogen-bond acceptors (Lipinski definition) is 5. The molecule has 0 saturated heterocycles. The summed E-state index contributed by atoms with van der Waals surface area (Å²) in [5, 5.41) is 16.0. The molecule has 7 heteroatoms. The molecule has 2 aliphatic rings. The first-order valence-corrected chi connectivity index (χ1v) is 9.83. The van der Waals surface area contributed by atoms with Crippen molar-refractivity contribution >= 4 is 12.0 Å². The number of rotatable bonds is 6. The van der Waals surface area contributed by atoms with Crippen LogP contribution >= 0.6 is 0 Å². The minimum absolute atomic E-state index is 0.161. The maximum Gasteiger partial charge on any atom is 0.319 e. The molecule has 0 spiro atoms. The predicted octanol–water partition coefficient (Wildman–Crippen LogP) is 2.79. The molecule has 2 heterocycles. The third-order valence-electron chi connectivity index (χ3n) is 5.68. The largest absolute Gasteiger partial charge is 0.394 e. The number of amides is 2. The highest BCUT2D eigenvalue weighted by molar-refractivity contribution is 5.77. The minimum Gasteiger partial charge on any atom is -0.394 e. The van der Waals surface area contributed by atoms with Gasteiger partial charge in [-0.2, -0.15) is 0 Å². The van der Waals surface area contributed by atoms with Crippen LogP contribution in [-0.4, -0.2) is 39.2 Å². The molecule has 1 aromatic heterocycles. The number of nitrogens with zero attached hydrogens (tertiary/aromatic N) is 3. The van der Waals surface area contributed by atoms with E-state index in [0.29, 0.717) is 12.5 Å². The van der Waals surface area contributed by atoms with Gasteiger partial charge < -0.3 is 20.6 Å². The Labute approximate surface area is 165 Å². The Hall–Kier alpha value is -2.67. The second kappa shape index (κ2) is 7.39. The molecule has 4 rings (SSSR count). The lowest BCUT2D eigenvalue weighted by Crippen LogP contribution is -2.47. The molecule has 1 atom stereocenters. The molecule has 1 fully saturated rings. The number of urea groups is 1. The Kier molecular flexibility index (Phi) is 4.93. The zero-order valence-corrected chi connectivity index (χ0v) is 16.4. The summed E-state index contributed by atoms with van der Waals surface area (Å²) in [6.45, 7) is 5.15. The van der Waals surface area contributed by atoms with Crippen LogP contribution in [0.15, 0.2) is 36.5 Å². The summed E-state index contributed by atoms with van der Waals surface area (Å²) in [5.41, 5.74) is 2.18. The van der Waals surface area contributed by atoms with E-state index in [-0.39, 0.29) is 12.6 Å². The fraction of sp³-hybridized carbons (Fsp3) is 0.476. The van der Waals surface area contributed by atoms with Crippen LogP contribution in [-0.2, 0) is 12.1 Å². The highest BCUT2D eigenvalue weighted by Gasteiger charge is 2.42. The summed E-state index contributed by atoms with van der Waals surface area (Å²) in [4.78, 5) is 23.9. The van der Waals surface area contributed by atoms with Crippen molar-refractivity contribution in [3.63, 3.8) is 0 Å². The fourth-order valence-electron chi connectivity index (χ4n) is 3.66. The fourth-order valence-corrected chi connectivity index (χ4v) is 3.66. The summed E-state index contributed by atoms with van der Waals surface area (Å²) >= 11 is 0. The van der Waals surface area contributed by atoms with E-state index in [1.807, 2.05) is 50.4 Å². The lowest BCUT2D eigenvalue weighted by atomic mass is 9.97. The third kappa shape index (κ3) is 3.67. The van der Waals surface area contributed by atoms with Gasteiger partial charge in [-0.1, -0.05) is 30.3 Å². The number of aromatic nitrogens is 2. The van der Waals surface area contributed by atoms with Crippen molar-refractivity contribution in [1.82, 2.24) is 20.2 Å². The van der Waals surface area contributed by atoms with Gasteiger partial charge in [-0.15, -0.1) is 0 Å². The first-order valence-electron chi connectivity index (χ1n) is 9.83. The molecular formula is C21H27N5O2. The lowest BCUT2D eigenvalue weighted by molar-refractivity contribution is 0.136. The number of fused-ring (bicyclic) bond motifs is 1. The molecule has 148 valence electrons. The van der Waals surface area contributed by atoms with Crippen molar-refractivity contribution in [3.05, 3.63) is 53.3 Å². The van der Waals surface area contributed by atoms with E-state index in [2.05, 4.69) is 20.6 Å². The summed E-state index contributed by atoms with van der Waals surface area (Å²) in [7, 11) is 0. The van der Waals surface area contributed by atoms with Gasteiger partial charge in [0.15, 0.2) is 0 Å². The van der Waals surface area contributed by atoms with Crippen LogP contribution in [0.25, 0.3) is 0 Å². The normalized spacial score (nSPS) is 18.5. The number of aliphatic hydroxyl groups is 1. The van der Waals surface area contributed by atoms with E-state index in [1.54, 1.807) is 4.90 Å². The van der Waals surface area contributed by atoms with Gasteiger partial charge in [-0.05, 0) is 38.2 Å². The van der Waals surface area contributed by atoms with Gasteiger partial charge in [0.1, 0.15) is 0 Å². The number of carbonyl (C=O) groups excluding carboxylic acids is 1. The second-order valence-electron chi connectivity index (χ2n) is 8.12. The maximum atomic E-state index is 13.0. The standard InChI is InChI=1S/C21H27N5O2/c1-21(2)16-11-23-19(22-10-14-8-9-14)24-17(16)12-26(21)20(28)25-18(13-27)15-6-4-3-5-7-15/h3-7,11,14,18,27H,8-10,12-13H2,1-2H3,(H,25,28)(H,22,23,24). The first kappa shape index (κ1) is 18.7. The van der Waals surface area contributed by atoms with Gasteiger partial charge in [0.2, 0.25) is 5.95 Å². The summed E-state index contributed by atoms with van der Waals surface area (Å²) in [5.74, 6) is 1.37. The molecule has 0 radical (unpaired) electrons. The second-order valence-corrected chi connectivity index (χ2v) is 8.12. The van der Waals surface area contributed by atoms with Crippen molar-refractivity contribution in [1.29, 1.82) is 0 Å². The average Bonchev–Trinajstić information content (AvgIpc) is 3.49. The van der Waals surface area contributed by atoms with Crippen molar-refractivity contribution in [2.75, 3.05) is 18.5 Å². The van der Waals surface area contributed by atoms with Crippen LogP contribution in [0.2, 0.25) is 0 Å². The molecule has 28 heavy (non-hydrogen) atoms. The Morgan fingerprint density at radius 2 is 2.07 bits per heavy atom. The van der Waals surface area contributed by atoms with Crippen molar-refractivity contribution in [2.45, 2.75) is 44.8 Å². The molecule has 2 aromatic rings. The molecule has 1 aliphatic carbocycles. The summed E-state index contributed by atoms with van der Waals surface area (Å²) < 4.78 is 0. The average molecular weight is 381 g/mol. The maximum absolute atomic E-state index is 13.0. The zero-order valence-electron chi connectivity index (χ0n) is 16.4. The Morgan fingerprint density at radius 1 is 1.32 bits per heavy atom. The van der Waals surface area contributed by atoms with Crippen LogP contribution in [0.5, 0.6) is 0 Å². The van der Waals surface area contributed by atoms with Crippen molar-refractivity contribution in [2.24, 2.45) is 5.92 Å². The quantitative estimate of drug-likeness (QED) is 0.716. The Balaban J connectivity index is 1.48. The number of benzene rings is 1. The van der Waals surface area contributed by atoms with Crippen LogP contribution in [0.4, 0.5) is 10.7 Å². The van der Waals surface area contributed by atoms with Crippen molar-refractivity contribution in [3.8, 4) is 0 Å². The molecule has 0 bridgehead atoms. The van der Waals surface area contributed by atoms with Crippen LogP contribution in [0.3, 0.4) is 0 Å². The van der Waals surface area contributed by atoms with Gasteiger partial charge in [0.25, 0.3) is 0 Å². The predicted molar refractivity (Wildman–Crippen MR) is 107 cm³/mol. The van der Waals surface area contributed by atoms with E-state index in [4.69, 9.17) is 0 Å². The number of carbonyl (C=O) groups is 1. The van der Waals surface area contributed by atoms with E-state index >= 15 is 0 Å². The van der Waals surface area contributed by atoms with Crippen LogP contribution in [0, 0.1) is 5.92 Å². The van der Waals surface area contributed by atoms with E-state index < -0.39 is 11.6 Å². The monoisotopic (exact) mass is 381 g/mol. The molecule has 3 N–H and O–H groups in total. The smallest absolute Gasteiger partial charge is 0.319 e. The topological polar surface area (TPSA) is 90.4 Å². The highest BCUT2D eigenvalue weighted by atomic mass is 16.3. The van der Waals surface area contributed by atoms with Crippen molar-refractivity contribution < 1.29 is 9.90 Å². The van der Waals surface area contributed by atoms with E-state index in [0.717, 1.165) is 29.3 Å². The number of nitrogens with one attached hydrogen (secondary N) is 2. The number of anilines is 1. The third-order valence-corrected chi connectivity index (χ3v) is 5.68. The molecule has 1 aliphatic heterocycles. The Morgan fingerprint density at radius 3 is 2.75 bits per heavy atom. The molecule has 7 nitrogen and oxygen atoms in total. The molecule has 1 saturated carbocycles. The van der Waals surface area contributed by atoms with Crippen LogP contribution < -0.4 is 10.6 Å². The van der Waals surface area contributed by atoms with Gasteiger partial charge >= 0.3 is 6.03 Å². The van der Waals surface area contributed by atoms with E-state index in [9.17, 15) is 9.90 Å². The molecule has 2 amide bonds. The molecule has 1 unspecified atom stereocenters. The molecular weight excluding hydrogens is 354 g/mol. The number of aliphatic hydroxyl groups excluding tert-OH is 1. The summed E-state index contributed by atoms with van der Waals surface area (Å²) in [6, 6.07) is 8.82. The first-order chi connectivity index (χ1) is 13.5. The SMILES string of the molecule is CC1(C)c2cnc(NCC3CC3)nc2CN1C(=O)NC(CO)c1ccccc1.